The lowest BCUT2D eigenvalue weighted by atomic mass is 9.36. The Morgan fingerprint density at radius 3 is 1.00 bits per heavy atom. The van der Waals surface area contributed by atoms with Gasteiger partial charge in [0.25, 0.3) is 0 Å². The molecule has 0 amide bonds. The largest absolute Gasteiger partial charge is 0.241 e. The summed E-state index contributed by atoms with van der Waals surface area (Å²) in [6, 6.07) is 81.9. The van der Waals surface area contributed by atoms with Gasteiger partial charge in [-0.05, 0) is 77.2 Å². The summed E-state index contributed by atoms with van der Waals surface area (Å²) < 4.78 is 0. The molecule has 66 heavy (non-hydrogen) atoms. The van der Waals surface area contributed by atoms with Crippen LogP contribution in [0.3, 0.4) is 0 Å². The lowest BCUT2D eigenvalue weighted by Crippen LogP contribution is -2.52. The Balaban J connectivity index is 0.841. The van der Waals surface area contributed by atoms with Crippen LogP contribution in [-0.4, -0.2) is 13.4 Å². The highest BCUT2D eigenvalue weighted by Crippen LogP contribution is 2.50. The third-order valence-electron chi connectivity index (χ3n) is 15.1. The second-order valence-corrected chi connectivity index (χ2v) is 19.7. The van der Waals surface area contributed by atoms with Gasteiger partial charge in [-0.15, -0.1) is 0 Å². The summed E-state index contributed by atoms with van der Waals surface area (Å²) in [6.45, 7) is 9.87. The molecule has 0 spiro atoms. The van der Waals surface area contributed by atoms with Crippen LogP contribution in [0.5, 0.6) is 0 Å². The molecule has 0 bridgehead atoms. The van der Waals surface area contributed by atoms with Crippen LogP contribution in [0.2, 0.25) is 0 Å². The second kappa shape index (κ2) is 15.6. The van der Waals surface area contributed by atoms with Crippen molar-refractivity contribution in [3.8, 4) is 22.3 Å². The summed E-state index contributed by atoms with van der Waals surface area (Å²) in [5.41, 5.74) is 21.0. The minimum atomic E-state index is -0.148. The van der Waals surface area contributed by atoms with Crippen LogP contribution in [-0.2, 0) is 10.8 Å². The van der Waals surface area contributed by atoms with Crippen molar-refractivity contribution in [2.75, 3.05) is 0 Å². The first-order chi connectivity index (χ1) is 32.2. The lowest BCUT2D eigenvalue weighted by Gasteiger charge is -2.24. The minimum Gasteiger partial charge on any atom is -0.0687 e. The molecule has 0 nitrogen and oxygen atoms in total. The third-order valence-corrected chi connectivity index (χ3v) is 15.1. The standard InChI is InChI=1S/C64H50B2/c1-63(2)59-37-43(25-33-55(59)57-35-31-53(41-61(57)63)65(49-19-7-5-8-20-49)51-29-27-45-15-11-13-17-47(45)39-51)23-24-44-26-34-56-58-36-32-54(42-62(58)64(3,4)60(56)38-44)66(50-21-9-6-10-22-50)52-30-28-46-16-12-14-18-48(46)40-52/h5-42H,1-4H3/b24-23+. The van der Waals surface area contributed by atoms with E-state index in [1.807, 2.05) is 0 Å². The highest BCUT2D eigenvalue weighted by molar-refractivity contribution is 6.96. The van der Waals surface area contributed by atoms with E-state index in [1.165, 1.54) is 110 Å². The quantitative estimate of drug-likeness (QED) is 0.106. The van der Waals surface area contributed by atoms with Crippen molar-refractivity contribution < 1.29 is 0 Å². The molecule has 10 aromatic carbocycles. The van der Waals surface area contributed by atoms with Gasteiger partial charge in [0.1, 0.15) is 0 Å². The zero-order valence-corrected chi connectivity index (χ0v) is 38.1. The fourth-order valence-corrected chi connectivity index (χ4v) is 11.5. The predicted octanol–water partition coefficient (Wildman–Crippen LogP) is 11.8. The SMILES string of the molecule is CC1(C)c2cc(/C=C/c3ccc4c(c3)C(C)(C)c3cc(B(c5ccccc5)c5ccc6ccccc6c5)ccc3-4)ccc2-c2ccc(B(c3ccccc3)c3ccc4ccccc4c3)cc21. The molecule has 12 rings (SSSR count). The average Bonchev–Trinajstić information content (AvgIpc) is 3.72. The molecule has 0 saturated heterocycles. The molecule has 0 heterocycles. The summed E-state index contributed by atoms with van der Waals surface area (Å²) in [6.07, 6.45) is 4.61. The number of benzene rings is 10. The summed E-state index contributed by atoms with van der Waals surface area (Å²) >= 11 is 0. The number of hydrogen-bond acceptors (Lipinski definition) is 0. The van der Waals surface area contributed by atoms with Crippen LogP contribution in [0.25, 0.3) is 56.0 Å². The van der Waals surface area contributed by atoms with E-state index in [0.29, 0.717) is 0 Å². The van der Waals surface area contributed by atoms with Crippen LogP contribution in [0.4, 0.5) is 0 Å². The molecule has 0 aromatic heterocycles. The Labute approximate surface area is 390 Å². The highest BCUT2D eigenvalue weighted by atomic mass is 14.4. The summed E-state index contributed by atoms with van der Waals surface area (Å²) in [7, 11) is 0. The fraction of sp³-hybridized carbons (Fsp3) is 0.0938. The van der Waals surface area contributed by atoms with Gasteiger partial charge in [0.05, 0.1) is 0 Å². The lowest BCUT2D eigenvalue weighted by molar-refractivity contribution is 0.660. The van der Waals surface area contributed by atoms with Gasteiger partial charge >= 0.3 is 0 Å². The zero-order valence-electron chi connectivity index (χ0n) is 38.1. The molecule has 0 saturated carbocycles. The molecular formula is C64H50B2. The number of rotatable bonds is 8. The van der Waals surface area contributed by atoms with E-state index in [0.717, 1.165) is 0 Å². The molecule has 0 unspecified atom stereocenters. The molecular weight excluding hydrogens is 790 g/mol. The third kappa shape index (κ3) is 6.70. The van der Waals surface area contributed by atoms with Gasteiger partial charge in [-0.2, -0.15) is 0 Å². The van der Waals surface area contributed by atoms with Gasteiger partial charge in [0, 0.05) is 10.8 Å². The van der Waals surface area contributed by atoms with E-state index in [1.54, 1.807) is 0 Å². The van der Waals surface area contributed by atoms with Crippen LogP contribution in [0.1, 0.15) is 61.1 Å². The Kier molecular flexibility index (Phi) is 9.51. The minimum absolute atomic E-state index is 0.132. The van der Waals surface area contributed by atoms with Gasteiger partial charge in [0.2, 0.25) is 13.4 Å². The summed E-state index contributed by atoms with van der Waals surface area (Å²) in [4.78, 5) is 0. The van der Waals surface area contributed by atoms with Crippen LogP contribution >= 0.6 is 0 Å². The maximum atomic E-state index is 2.50. The fourth-order valence-electron chi connectivity index (χ4n) is 11.5. The average molecular weight is 841 g/mol. The molecule has 2 aliphatic rings. The second-order valence-electron chi connectivity index (χ2n) is 19.7. The molecule has 0 aliphatic heterocycles. The molecule has 10 aromatic rings. The van der Waals surface area contributed by atoms with E-state index in [9.17, 15) is 0 Å². The van der Waals surface area contributed by atoms with E-state index in [-0.39, 0.29) is 24.3 Å². The van der Waals surface area contributed by atoms with Crippen molar-refractivity contribution in [1.82, 2.24) is 0 Å². The van der Waals surface area contributed by atoms with Gasteiger partial charge in [-0.1, -0.05) is 291 Å². The van der Waals surface area contributed by atoms with Crippen LogP contribution < -0.4 is 32.8 Å². The van der Waals surface area contributed by atoms with Crippen molar-refractivity contribution in [1.29, 1.82) is 0 Å². The highest BCUT2D eigenvalue weighted by Gasteiger charge is 2.38. The first-order valence-corrected chi connectivity index (χ1v) is 23.5. The Hall–Kier alpha value is -7.41. The first-order valence-electron chi connectivity index (χ1n) is 23.5. The summed E-state index contributed by atoms with van der Waals surface area (Å²) in [5.74, 6) is 0. The molecule has 0 N–H and O–H groups in total. The molecule has 2 heteroatoms. The van der Waals surface area contributed by atoms with E-state index in [4.69, 9.17) is 0 Å². The van der Waals surface area contributed by atoms with Crippen molar-refractivity contribution in [2.45, 2.75) is 38.5 Å². The van der Waals surface area contributed by atoms with Gasteiger partial charge in [-0.3, -0.25) is 0 Å². The van der Waals surface area contributed by atoms with Gasteiger partial charge in [-0.25, -0.2) is 0 Å². The monoisotopic (exact) mass is 840 g/mol. The Morgan fingerprint density at radius 2 is 0.591 bits per heavy atom. The van der Waals surface area contributed by atoms with E-state index >= 15 is 0 Å². The van der Waals surface area contributed by atoms with Crippen molar-refractivity contribution >= 4 is 79.9 Å². The maximum absolute atomic E-state index is 2.50. The zero-order chi connectivity index (χ0) is 44.6. The molecule has 2 aliphatic carbocycles. The van der Waals surface area contributed by atoms with Crippen molar-refractivity contribution in [3.63, 3.8) is 0 Å². The molecule has 0 radical (unpaired) electrons. The van der Waals surface area contributed by atoms with Gasteiger partial charge < -0.3 is 0 Å². The van der Waals surface area contributed by atoms with Gasteiger partial charge in [0.15, 0.2) is 0 Å². The Bertz CT molecular complexity index is 3310. The Morgan fingerprint density at radius 1 is 0.273 bits per heavy atom. The topological polar surface area (TPSA) is 0 Å². The molecule has 0 fully saturated rings. The predicted molar refractivity (Wildman–Crippen MR) is 287 cm³/mol. The van der Waals surface area contributed by atoms with E-state index in [2.05, 4.69) is 258 Å². The molecule has 312 valence electrons. The maximum Gasteiger partial charge on any atom is 0.241 e. The van der Waals surface area contributed by atoms with Crippen LogP contribution in [0, 0.1) is 0 Å². The van der Waals surface area contributed by atoms with E-state index < -0.39 is 0 Å². The first kappa shape index (κ1) is 40.1. The van der Waals surface area contributed by atoms with Crippen LogP contribution in [0.15, 0.2) is 218 Å². The van der Waals surface area contributed by atoms with Crippen molar-refractivity contribution in [3.05, 3.63) is 252 Å². The van der Waals surface area contributed by atoms with Crippen molar-refractivity contribution in [2.24, 2.45) is 0 Å². The number of fused-ring (bicyclic) bond motifs is 8. The normalized spacial score (nSPS) is 13.9. The number of hydrogen-bond donors (Lipinski definition) is 0. The summed E-state index contributed by atoms with van der Waals surface area (Å²) in [5, 5.41) is 5.10. The smallest absolute Gasteiger partial charge is 0.0687 e. The molecule has 0 atom stereocenters.